The molecule has 0 spiro atoms. The van der Waals surface area contributed by atoms with Gasteiger partial charge in [-0.15, -0.1) is 0 Å². The highest BCUT2D eigenvalue weighted by atomic mass is 16.6. The number of esters is 1. The predicted molar refractivity (Wildman–Crippen MR) is 54.3 cm³/mol. The Bertz CT molecular complexity index is 438. The third-order valence-electron chi connectivity index (χ3n) is 1.69. The van der Waals surface area contributed by atoms with Crippen molar-refractivity contribution < 1.29 is 23.7 Å². The molecule has 17 heavy (non-hydrogen) atoms. The van der Waals surface area contributed by atoms with Crippen molar-refractivity contribution in [3.8, 4) is 0 Å². The normalized spacial score (nSPS) is 9.71. The van der Waals surface area contributed by atoms with E-state index in [9.17, 15) is 19.7 Å². The second-order valence-electron chi connectivity index (χ2n) is 2.88. The number of nitrogens with zero attached hydrogens (tertiary/aromatic N) is 1. The zero-order chi connectivity index (χ0) is 12.8. The van der Waals surface area contributed by atoms with E-state index in [0.29, 0.717) is 0 Å². The fraction of sp³-hybridized carbons (Fsp3) is 0.333. The summed E-state index contributed by atoms with van der Waals surface area (Å²) >= 11 is 0. The lowest BCUT2D eigenvalue weighted by atomic mass is 10.4. The highest BCUT2D eigenvalue weighted by Crippen LogP contribution is 2.15. The fourth-order valence-electron chi connectivity index (χ4n) is 0.999. The van der Waals surface area contributed by atoms with E-state index in [1.807, 2.05) is 0 Å². The maximum absolute atomic E-state index is 11.4. The van der Waals surface area contributed by atoms with E-state index >= 15 is 0 Å². The molecule has 1 rings (SSSR count). The van der Waals surface area contributed by atoms with Crippen LogP contribution in [0, 0.1) is 10.1 Å². The summed E-state index contributed by atoms with van der Waals surface area (Å²) in [5.41, 5.74) is 0. The van der Waals surface area contributed by atoms with Crippen molar-refractivity contribution >= 4 is 17.8 Å². The van der Waals surface area contributed by atoms with Gasteiger partial charge in [-0.2, -0.15) is 0 Å². The van der Waals surface area contributed by atoms with Crippen LogP contribution in [0.5, 0.6) is 0 Å². The Labute approximate surface area is 95.7 Å². The number of ether oxygens (including phenoxy) is 1. The number of hydrogen-bond donors (Lipinski definition) is 1. The predicted octanol–water partition coefficient (Wildman–Crippen LogP) is 0.481. The molecule has 0 unspecified atom stereocenters. The van der Waals surface area contributed by atoms with Crippen LogP contribution in [0.2, 0.25) is 0 Å². The van der Waals surface area contributed by atoms with Gasteiger partial charge in [0.1, 0.15) is 11.5 Å². The Balaban J connectivity index is 2.52. The molecule has 0 atom stereocenters. The lowest BCUT2D eigenvalue weighted by Gasteiger charge is -2.02. The molecule has 0 radical (unpaired) electrons. The van der Waals surface area contributed by atoms with Crippen LogP contribution in [0.3, 0.4) is 0 Å². The van der Waals surface area contributed by atoms with E-state index in [0.717, 1.165) is 12.1 Å². The number of hydrogen-bond acceptors (Lipinski definition) is 6. The van der Waals surface area contributed by atoms with Crippen molar-refractivity contribution in [3.05, 3.63) is 28.0 Å². The van der Waals surface area contributed by atoms with E-state index in [-0.39, 0.29) is 18.9 Å². The van der Waals surface area contributed by atoms with E-state index < -0.39 is 22.7 Å². The smallest absolute Gasteiger partial charge is 0.433 e. The van der Waals surface area contributed by atoms with Gasteiger partial charge in [-0.25, -0.2) is 0 Å². The second-order valence-corrected chi connectivity index (χ2v) is 2.88. The summed E-state index contributed by atoms with van der Waals surface area (Å²) in [6.07, 6.45) is 0. The molecule has 92 valence electrons. The zero-order valence-electron chi connectivity index (χ0n) is 8.97. The number of amides is 1. The highest BCUT2D eigenvalue weighted by Gasteiger charge is 2.17. The summed E-state index contributed by atoms with van der Waals surface area (Å²) in [5.74, 6) is -2.08. The second kappa shape index (κ2) is 5.64. The first-order valence-corrected chi connectivity index (χ1v) is 4.72. The molecule has 0 saturated carbocycles. The molecule has 1 aromatic heterocycles. The van der Waals surface area contributed by atoms with Crippen LogP contribution in [0.4, 0.5) is 5.88 Å². The Morgan fingerprint density at radius 2 is 2.24 bits per heavy atom. The van der Waals surface area contributed by atoms with Gasteiger partial charge in [-0.3, -0.25) is 19.7 Å². The molecule has 0 aliphatic heterocycles. The Morgan fingerprint density at radius 3 is 2.76 bits per heavy atom. The molecule has 1 amide bonds. The van der Waals surface area contributed by atoms with Crippen molar-refractivity contribution in [2.75, 3.05) is 13.2 Å². The largest absolute Gasteiger partial charge is 0.465 e. The van der Waals surface area contributed by atoms with Gasteiger partial charge in [0, 0.05) is 0 Å². The van der Waals surface area contributed by atoms with Crippen molar-refractivity contribution in [1.29, 1.82) is 0 Å². The highest BCUT2D eigenvalue weighted by molar-refractivity contribution is 5.93. The van der Waals surface area contributed by atoms with Gasteiger partial charge < -0.3 is 14.5 Å². The molecular weight excluding hydrogens is 232 g/mol. The van der Waals surface area contributed by atoms with Gasteiger partial charge in [-0.05, 0) is 13.0 Å². The summed E-state index contributed by atoms with van der Waals surface area (Å²) in [6.45, 7) is 1.53. The number of rotatable bonds is 5. The first kappa shape index (κ1) is 12.7. The molecule has 1 aromatic rings. The average Bonchev–Trinajstić information content (AvgIpc) is 2.75. The lowest BCUT2D eigenvalue weighted by Crippen LogP contribution is -2.30. The quantitative estimate of drug-likeness (QED) is 0.456. The van der Waals surface area contributed by atoms with E-state index in [1.54, 1.807) is 6.92 Å². The minimum atomic E-state index is -0.762. The van der Waals surface area contributed by atoms with Crippen molar-refractivity contribution in [1.82, 2.24) is 5.32 Å². The third kappa shape index (κ3) is 3.59. The van der Waals surface area contributed by atoms with Gasteiger partial charge in [0.05, 0.1) is 12.7 Å². The minimum Gasteiger partial charge on any atom is -0.465 e. The van der Waals surface area contributed by atoms with Crippen LogP contribution in [-0.2, 0) is 9.53 Å². The van der Waals surface area contributed by atoms with E-state index in [1.165, 1.54) is 0 Å². The topological polar surface area (TPSA) is 112 Å². The monoisotopic (exact) mass is 242 g/mol. The van der Waals surface area contributed by atoms with Gasteiger partial charge in [0.15, 0.2) is 5.76 Å². The SMILES string of the molecule is CCOC(=O)CNC(=O)c1ccc([N+](=O)[O-])o1. The first-order valence-electron chi connectivity index (χ1n) is 4.72. The average molecular weight is 242 g/mol. The number of nitro groups is 1. The molecule has 0 saturated heterocycles. The molecule has 8 heteroatoms. The first-order chi connectivity index (χ1) is 8.04. The van der Waals surface area contributed by atoms with Gasteiger partial charge >= 0.3 is 11.9 Å². The zero-order valence-corrected chi connectivity index (χ0v) is 8.97. The van der Waals surface area contributed by atoms with Crippen molar-refractivity contribution in [2.24, 2.45) is 0 Å². The van der Waals surface area contributed by atoms with Crippen LogP contribution in [-0.4, -0.2) is 30.0 Å². The van der Waals surface area contributed by atoms with Crippen LogP contribution < -0.4 is 5.32 Å². The standard InChI is InChI=1S/C9H10N2O6/c1-2-16-8(12)5-10-9(13)6-3-4-7(17-6)11(14)15/h3-4H,2,5H2,1H3,(H,10,13). The molecule has 1 N–H and O–H groups in total. The number of carbonyl (C=O) groups is 2. The van der Waals surface area contributed by atoms with Gasteiger partial charge in [0.25, 0.3) is 5.91 Å². The van der Waals surface area contributed by atoms with E-state index in [2.05, 4.69) is 14.5 Å². The Kier molecular flexibility index (Phi) is 4.21. The minimum absolute atomic E-state index is 0.209. The molecule has 0 aliphatic rings. The number of nitrogens with one attached hydrogen (secondary N) is 1. The summed E-state index contributed by atoms with van der Waals surface area (Å²) in [4.78, 5) is 31.8. The van der Waals surface area contributed by atoms with Crippen LogP contribution in [0.25, 0.3) is 0 Å². The molecule has 0 fully saturated rings. The fourth-order valence-corrected chi connectivity index (χ4v) is 0.999. The maximum atomic E-state index is 11.4. The number of furan rings is 1. The van der Waals surface area contributed by atoms with Gasteiger partial charge in [0.2, 0.25) is 0 Å². The number of carbonyl (C=O) groups excluding carboxylic acids is 2. The van der Waals surface area contributed by atoms with Crippen molar-refractivity contribution in [3.63, 3.8) is 0 Å². The van der Waals surface area contributed by atoms with Gasteiger partial charge in [-0.1, -0.05) is 0 Å². The van der Waals surface area contributed by atoms with Crippen LogP contribution in [0.15, 0.2) is 16.5 Å². The lowest BCUT2D eigenvalue weighted by molar-refractivity contribution is -0.402. The Morgan fingerprint density at radius 1 is 1.53 bits per heavy atom. The summed E-state index contributed by atoms with van der Waals surface area (Å²) < 4.78 is 9.21. The molecule has 0 aliphatic carbocycles. The summed E-state index contributed by atoms with van der Waals surface area (Å²) in [6, 6.07) is 2.21. The van der Waals surface area contributed by atoms with Crippen LogP contribution >= 0.6 is 0 Å². The molecule has 1 heterocycles. The molecule has 8 nitrogen and oxygen atoms in total. The Hall–Kier alpha value is -2.38. The maximum Gasteiger partial charge on any atom is 0.433 e. The summed E-state index contributed by atoms with van der Waals surface area (Å²) in [5, 5.41) is 12.5. The van der Waals surface area contributed by atoms with Crippen LogP contribution in [0.1, 0.15) is 17.5 Å². The van der Waals surface area contributed by atoms with E-state index in [4.69, 9.17) is 0 Å². The molecule has 0 aromatic carbocycles. The molecule has 0 bridgehead atoms. The molecular formula is C9H10N2O6. The third-order valence-corrected chi connectivity index (χ3v) is 1.69. The summed E-state index contributed by atoms with van der Waals surface area (Å²) in [7, 11) is 0. The van der Waals surface area contributed by atoms with Crippen molar-refractivity contribution in [2.45, 2.75) is 6.92 Å².